The van der Waals surface area contributed by atoms with Crippen molar-refractivity contribution in [1.82, 2.24) is 20.1 Å². The van der Waals surface area contributed by atoms with Crippen molar-refractivity contribution >= 4 is 22.7 Å². The van der Waals surface area contributed by atoms with Crippen molar-refractivity contribution in [2.75, 3.05) is 26.2 Å². The van der Waals surface area contributed by atoms with Gasteiger partial charge in [-0.1, -0.05) is 68.8 Å². The summed E-state index contributed by atoms with van der Waals surface area (Å²) in [6, 6.07) is 18.6. The minimum Gasteiger partial charge on any atom is -0.361 e. The van der Waals surface area contributed by atoms with E-state index in [2.05, 4.69) is 83.8 Å². The summed E-state index contributed by atoms with van der Waals surface area (Å²) in [5.74, 6) is 0.485. The number of hydrogen-bond donors (Lipinski definition) is 2. The standard InChI is InChI=1S/C33H44N4O2/c1-25(2)23-30-31(38)37(20-16-27-24-34-29-15-9-8-14-28(27)29)33(32(39)35-30)17-21-36(22-18-33)19-10-4-7-13-26-11-5-3-6-12-26/h3,5-6,8-9,11-12,14-15,24-25,30,34H,4,7,10,13,16-23H2,1-2H3,(H,35,39). The average molecular weight is 529 g/mol. The van der Waals surface area contributed by atoms with Gasteiger partial charge in [0.15, 0.2) is 0 Å². The number of amides is 2. The normalized spacial score (nSPS) is 19.8. The van der Waals surface area contributed by atoms with Gasteiger partial charge in [0, 0.05) is 36.7 Å². The van der Waals surface area contributed by atoms with Crippen LogP contribution < -0.4 is 5.32 Å². The fraction of sp³-hybridized carbons (Fsp3) is 0.515. The third kappa shape index (κ3) is 6.22. The first-order valence-corrected chi connectivity index (χ1v) is 14.9. The summed E-state index contributed by atoms with van der Waals surface area (Å²) in [5.41, 5.74) is 2.99. The molecular formula is C33H44N4O2. The Morgan fingerprint density at radius 3 is 2.41 bits per heavy atom. The maximum absolute atomic E-state index is 13.8. The van der Waals surface area contributed by atoms with Crippen LogP contribution in [0.15, 0.2) is 60.8 Å². The molecule has 208 valence electrons. The van der Waals surface area contributed by atoms with E-state index in [0.29, 0.717) is 31.7 Å². The molecule has 39 heavy (non-hydrogen) atoms. The van der Waals surface area contributed by atoms with Crippen molar-refractivity contribution in [2.24, 2.45) is 5.92 Å². The third-order valence-corrected chi connectivity index (χ3v) is 8.76. The molecule has 1 aromatic heterocycles. The minimum atomic E-state index is -0.736. The number of hydrogen-bond acceptors (Lipinski definition) is 3. The van der Waals surface area contributed by atoms with Crippen LogP contribution in [0.4, 0.5) is 0 Å². The van der Waals surface area contributed by atoms with Crippen molar-refractivity contribution in [1.29, 1.82) is 0 Å². The molecule has 0 radical (unpaired) electrons. The second-order valence-corrected chi connectivity index (χ2v) is 11.9. The highest BCUT2D eigenvalue weighted by atomic mass is 16.2. The number of piperidine rings is 1. The summed E-state index contributed by atoms with van der Waals surface area (Å²) in [4.78, 5) is 35.4. The number of benzene rings is 2. The Hall–Kier alpha value is -3.12. The highest BCUT2D eigenvalue weighted by Crippen LogP contribution is 2.34. The monoisotopic (exact) mass is 528 g/mol. The second-order valence-electron chi connectivity index (χ2n) is 11.9. The van der Waals surface area contributed by atoms with Crippen molar-refractivity contribution in [3.8, 4) is 0 Å². The van der Waals surface area contributed by atoms with Crippen LogP contribution >= 0.6 is 0 Å². The van der Waals surface area contributed by atoms with Gasteiger partial charge in [0.25, 0.3) is 0 Å². The molecule has 1 spiro atoms. The van der Waals surface area contributed by atoms with Gasteiger partial charge in [-0.3, -0.25) is 9.59 Å². The summed E-state index contributed by atoms with van der Waals surface area (Å²) >= 11 is 0. The van der Waals surface area contributed by atoms with Gasteiger partial charge in [0.05, 0.1) is 0 Å². The first-order chi connectivity index (χ1) is 19.0. The van der Waals surface area contributed by atoms with Crippen LogP contribution in [-0.4, -0.2) is 64.4 Å². The van der Waals surface area contributed by atoms with Crippen LogP contribution in [0, 0.1) is 5.92 Å². The first-order valence-electron chi connectivity index (χ1n) is 14.9. The molecule has 3 aromatic rings. The molecule has 0 bridgehead atoms. The summed E-state index contributed by atoms with van der Waals surface area (Å²) in [5, 5.41) is 4.34. The zero-order valence-corrected chi connectivity index (χ0v) is 23.6. The molecule has 2 aromatic carbocycles. The summed E-state index contributed by atoms with van der Waals surface area (Å²) in [6.45, 7) is 7.57. The van der Waals surface area contributed by atoms with E-state index in [1.165, 1.54) is 35.8 Å². The number of aromatic amines is 1. The van der Waals surface area contributed by atoms with Gasteiger partial charge in [-0.25, -0.2) is 0 Å². The number of nitrogens with zero attached hydrogens (tertiary/aromatic N) is 2. The average Bonchev–Trinajstić information content (AvgIpc) is 3.36. The summed E-state index contributed by atoms with van der Waals surface area (Å²) in [7, 11) is 0. The zero-order valence-electron chi connectivity index (χ0n) is 23.6. The number of fused-ring (bicyclic) bond motifs is 1. The molecule has 2 aliphatic heterocycles. The molecule has 0 saturated carbocycles. The highest BCUT2D eigenvalue weighted by molar-refractivity contribution is 6.00. The molecule has 2 amide bonds. The molecular weight excluding hydrogens is 484 g/mol. The molecule has 1 atom stereocenters. The van der Waals surface area contributed by atoms with Crippen LogP contribution in [-0.2, 0) is 22.4 Å². The molecule has 1 unspecified atom stereocenters. The Morgan fingerprint density at radius 1 is 0.897 bits per heavy atom. The van der Waals surface area contributed by atoms with Crippen molar-refractivity contribution in [3.63, 3.8) is 0 Å². The number of nitrogens with one attached hydrogen (secondary N) is 2. The highest BCUT2D eigenvalue weighted by Gasteiger charge is 2.53. The maximum Gasteiger partial charge on any atom is 0.246 e. The fourth-order valence-corrected chi connectivity index (χ4v) is 6.53. The van der Waals surface area contributed by atoms with E-state index >= 15 is 0 Å². The lowest BCUT2D eigenvalue weighted by Crippen LogP contribution is -2.73. The van der Waals surface area contributed by atoms with Gasteiger partial charge in [0.2, 0.25) is 11.8 Å². The molecule has 2 aliphatic rings. The maximum atomic E-state index is 13.8. The van der Waals surface area contributed by atoms with Gasteiger partial charge in [0.1, 0.15) is 11.6 Å². The Labute approximate surface area is 233 Å². The molecule has 2 saturated heterocycles. The molecule has 6 nitrogen and oxygen atoms in total. The largest absolute Gasteiger partial charge is 0.361 e. The number of carbonyl (C=O) groups is 2. The Kier molecular flexibility index (Phi) is 8.71. The molecule has 5 rings (SSSR count). The number of likely N-dealkylation sites (tertiary alicyclic amines) is 1. The lowest BCUT2D eigenvalue weighted by Gasteiger charge is -2.52. The van der Waals surface area contributed by atoms with Gasteiger partial charge >= 0.3 is 0 Å². The Morgan fingerprint density at radius 2 is 1.64 bits per heavy atom. The predicted molar refractivity (Wildman–Crippen MR) is 158 cm³/mol. The number of unbranched alkanes of at least 4 members (excludes halogenated alkanes) is 2. The molecule has 6 heteroatoms. The van der Waals surface area contributed by atoms with Gasteiger partial charge < -0.3 is 20.1 Å². The topological polar surface area (TPSA) is 68.4 Å². The van der Waals surface area contributed by atoms with Gasteiger partial charge in [-0.2, -0.15) is 0 Å². The first kappa shape index (κ1) is 27.4. The van der Waals surface area contributed by atoms with E-state index in [-0.39, 0.29) is 11.8 Å². The smallest absolute Gasteiger partial charge is 0.246 e. The van der Waals surface area contributed by atoms with Crippen molar-refractivity contribution in [2.45, 2.75) is 76.8 Å². The second kappa shape index (κ2) is 12.4. The van der Waals surface area contributed by atoms with Crippen LogP contribution in [0.3, 0.4) is 0 Å². The number of H-pyrrole nitrogens is 1. The summed E-state index contributed by atoms with van der Waals surface area (Å²) in [6.07, 6.45) is 9.61. The quantitative estimate of drug-likeness (QED) is 0.331. The van der Waals surface area contributed by atoms with Crippen molar-refractivity contribution < 1.29 is 9.59 Å². The van der Waals surface area contributed by atoms with E-state index in [0.717, 1.165) is 38.0 Å². The molecule has 2 N–H and O–H groups in total. The fourth-order valence-electron chi connectivity index (χ4n) is 6.53. The summed E-state index contributed by atoms with van der Waals surface area (Å²) < 4.78 is 0. The van der Waals surface area contributed by atoms with Crippen LogP contribution in [0.5, 0.6) is 0 Å². The van der Waals surface area contributed by atoms with E-state index in [4.69, 9.17) is 0 Å². The van der Waals surface area contributed by atoms with Crippen LogP contribution in [0.2, 0.25) is 0 Å². The zero-order chi connectivity index (χ0) is 27.2. The minimum absolute atomic E-state index is 0.0502. The number of aromatic nitrogens is 1. The molecule has 2 fully saturated rings. The van der Waals surface area contributed by atoms with E-state index < -0.39 is 11.6 Å². The lowest BCUT2D eigenvalue weighted by molar-refractivity contribution is -0.161. The van der Waals surface area contributed by atoms with Gasteiger partial charge in [-0.15, -0.1) is 0 Å². The molecule has 3 heterocycles. The van der Waals surface area contributed by atoms with E-state index in [1.54, 1.807) is 0 Å². The third-order valence-electron chi connectivity index (χ3n) is 8.76. The lowest BCUT2D eigenvalue weighted by atomic mass is 9.80. The van der Waals surface area contributed by atoms with Crippen LogP contribution in [0.1, 0.15) is 63.5 Å². The number of para-hydroxylation sites is 1. The number of rotatable bonds is 11. The number of carbonyl (C=O) groups excluding carboxylic acids is 2. The Balaban J connectivity index is 1.21. The predicted octanol–water partition coefficient (Wildman–Crippen LogP) is 5.33. The van der Waals surface area contributed by atoms with E-state index in [1.807, 2.05) is 11.0 Å². The van der Waals surface area contributed by atoms with E-state index in [9.17, 15) is 9.59 Å². The molecule has 0 aliphatic carbocycles. The number of aryl methyl sites for hydroxylation is 1. The number of piperazine rings is 1. The van der Waals surface area contributed by atoms with Gasteiger partial charge in [-0.05, 0) is 74.6 Å². The Bertz CT molecular complexity index is 1240. The van der Waals surface area contributed by atoms with Crippen molar-refractivity contribution in [3.05, 3.63) is 71.9 Å². The van der Waals surface area contributed by atoms with Crippen LogP contribution in [0.25, 0.3) is 10.9 Å². The SMILES string of the molecule is CC(C)CC1NC(=O)C2(CCN(CCCCCc3ccccc3)CC2)N(CCc2c[nH]c3ccccc23)C1=O.